The van der Waals surface area contributed by atoms with Crippen LogP contribution >= 0.6 is 0 Å². The fraction of sp³-hybridized carbons (Fsp3) is 0.571. The molecule has 0 amide bonds. The lowest BCUT2D eigenvalue weighted by Gasteiger charge is -2.42. The normalized spacial score (nSPS) is 30.1. The molecule has 2 saturated heterocycles. The van der Waals surface area contributed by atoms with E-state index in [0.717, 1.165) is 13.2 Å². The van der Waals surface area contributed by atoms with E-state index in [9.17, 15) is 0 Å². The number of hydrogen-bond donors (Lipinski definition) is 1. The molecule has 3 rings (SSSR count). The monoisotopic (exact) mass is 231 g/mol. The van der Waals surface area contributed by atoms with Gasteiger partial charge in [0.25, 0.3) is 0 Å². The van der Waals surface area contributed by atoms with Gasteiger partial charge in [-0.2, -0.15) is 0 Å². The van der Waals surface area contributed by atoms with Gasteiger partial charge in [-0.3, -0.25) is 4.90 Å². The van der Waals surface area contributed by atoms with Crippen LogP contribution in [0.2, 0.25) is 0 Å². The van der Waals surface area contributed by atoms with Crippen molar-refractivity contribution in [2.45, 2.75) is 18.4 Å². The van der Waals surface area contributed by atoms with Crippen molar-refractivity contribution >= 4 is 5.69 Å². The first-order valence-corrected chi connectivity index (χ1v) is 6.52. The number of nitrogens with zero attached hydrogens (tertiary/aromatic N) is 2. The Balaban J connectivity index is 1.91. The summed E-state index contributed by atoms with van der Waals surface area (Å²) < 4.78 is 0. The quantitative estimate of drug-likeness (QED) is 0.790. The van der Waals surface area contributed by atoms with Gasteiger partial charge in [-0.25, -0.2) is 0 Å². The Hall–Kier alpha value is -1.06. The lowest BCUT2D eigenvalue weighted by Crippen LogP contribution is -2.56. The van der Waals surface area contributed by atoms with Crippen LogP contribution in [0.5, 0.6) is 0 Å². The maximum Gasteiger partial charge on any atom is 0.0712 e. The Morgan fingerprint density at radius 2 is 2.06 bits per heavy atom. The molecule has 3 heteroatoms. The van der Waals surface area contributed by atoms with Gasteiger partial charge < -0.3 is 10.2 Å². The third kappa shape index (κ3) is 1.94. The minimum absolute atomic E-state index is 0.314. The largest absolute Gasteiger partial charge is 0.350 e. The highest BCUT2D eigenvalue weighted by atomic mass is 15.4. The Morgan fingerprint density at radius 3 is 2.76 bits per heavy atom. The maximum atomic E-state index is 3.57. The van der Waals surface area contributed by atoms with Crippen molar-refractivity contribution in [3.05, 3.63) is 30.3 Å². The molecule has 0 bridgehead atoms. The van der Waals surface area contributed by atoms with Crippen LogP contribution in [0.1, 0.15) is 12.8 Å². The Kier molecular flexibility index (Phi) is 2.81. The van der Waals surface area contributed by atoms with Crippen LogP contribution < -0.4 is 10.2 Å². The molecule has 3 nitrogen and oxygen atoms in total. The molecular weight excluding hydrogens is 210 g/mol. The SMILES string of the molecule is CN1CN(c2ccccc2)C2(CCCNC2)C1. The third-order valence-corrected chi connectivity index (χ3v) is 4.04. The van der Waals surface area contributed by atoms with Crippen molar-refractivity contribution in [3.63, 3.8) is 0 Å². The van der Waals surface area contributed by atoms with E-state index in [4.69, 9.17) is 0 Å². The summed E-state index contributed by atoms with van der Waals surface area (Å²) in [5, 5.41) is 3.57. The third-order valence-electron chi connectivity index (χ3n) is 4.04. The fourth-order valence-corrected chi connectivity index (χ4v) is 3.31. The Labute approximate surface area is 103 Å². The molecule has 0 radical (unpaired) electrons. The van der Waals surface area contributed by atoms with Crippen LogP contribution in [0.15, 0.2) is 30.3 Å². The van der Waals surface area contributed by atoms with Crippen molar-refractivity contribution in [2.75, 3.05) is 38.3 Å². The zero-order valence-electron chi connectivity index (χ0n) is 10.5. The van der Waals surface area contributed by atoms with Gasteiger partial charge in [-0.1, -0.05) is 18.2 Å². The molecule has 0 saturated carbocycles. The van der Waals surface area contributed by atoms with Gasteiger partial charge in [0.15, 0.2) is 0 Å². The van der Waals surface area contributed by atoms with Crippen molar-refractivity contribution in [2.24, 2.45) is 0 Å². The Bertz CT molecular complexity index is 370. The zero-order chi connectivity index (χ0) is 11.7. The topological polar surface area (TPSA) is 18.5 Å². The highest BCUT2D eigenvalue weighted by Gasteiger charge is 2.44. The van der Waals surface area contributed by atoms with Crippen molar-refractivity contribution in [1.82, 2.24) is 10.2 Å². The van der Waals surface area contributed by atoms with E-state index in [1.807, 2.05) is 0 Å². The molecule has 1 atom stereocenters. The number of para-hydroxylation sites is 1. The van der Waals surface area contributed by atoms with Crippen molar-refractivity contribution in [3.8, 4) is 0 Å². The fourth-order valence-electron chi connectivity index (χ4n) is 3.31. The average Bonchev–Trinajstić information content (AvgIpc) is 2.68. The summed E-state index contributed by atoms with van der Waals surface area (Å²) in [6, 6.07) is 10.8. The molecule has 2 fully saturated rings. The predicted molar refractivity (Wildman–Crippen MR) is 71.3 cm³/mol. The van der Waals surface area contributed by atoms with Gasteiger partial charge in [-0.05, 0) is 38.6 Å². The summed E-state index contributed by atoms with van der Waals surface area (Å²) in [5.74, 6) is 0. The molecule has 0 aliphatic carbocycles. The molecular formula is C14H21N3. The number of rotatable bonds is 1. The Morgan fingerprint density at radius 1 is 1.24 bits per heavy atom. The molecule has 17 heavy (non-hydrogen) atoms. The molecule has 2 aliphatic heterocycles. The summed E-state index contributed by atoms with van der Waals surface area (Å²) in [5.41, 5.74) is 1.68. The maximum absolute atomic E-state index is 3.57. The van der Waals surface area contributed by atoms with Gasteiger partial charge in [0.1, 0.15) is 0 Å². The number of nitrogens with one attached hydrogen (secondary N) is 1. The van der Waals surface area contributed by atoms with E-state index in [2.05, 4.69) is 52.5 Å². The first kappa shape index (κ1) is 11.1. The molecule has 1 spiro atoms. The lowest BCUT2D eigenvalue weighted by molar-refractivity contribution is 0.298. The first-order valence-electron chi connectivity index (χ1n) is 6.52. The predicted octanol–water partition coefficient (Wildman–Crippen LogP) is 1.52. The first-order chi connectivity index (χ1) is 8.30. The lowest BCUT2D eigenvalue weighted by atomic mass is 9.89. The van der Waals surface area contributed by atoms with Gasteiger partial charge >= 0.3 is 0 Å². The smallest absolute Gasteiger partial charge is 0.0712 e. The minimum Gasteiger partial charge on any atom is -0.350 e. The summed E-state index contributed by atoms with van der Waals surface area (Å²) in [4.78, 5) is 5.01. The average molecular weight is 231 g/mol. The minimum atomic E-state index is 0.314. The number of hydrogen-bond acceptors (Lipinski definition) is 3. The molecule has 1 unspecified atom stereocenters. The van der Waals surface area contributed by atoms with Crippen LogP contribution in [0.4, 0.5) is 5.69 Å². The van der Waals surface area contributed by atoms with E-state index in [1.165, 1.54) is 31.6 Å². The van der Waals surface area contributed by atoms with E-state index < -0.39 is 0 Å². The van der Waals surface area contributed by atoms with E-state index in [1.54, 1.807) is 0 Å². The number of piperidine rings is 1. The summed E-state index contributed by atoms with van der Waals surface area (Å²) >= 11 is 0. The van der Waals surface area contributed by atoms with E-state index >= 15 is 0 Å². The second-order valence-electron chi connectivity index (χ2n) is 5.42. The molecule has 2 aliphatic rings. The van der Waals surface area contributed by atoms with Crippen LogP contribution in [0.3, 0.4) is 0 Å². The number of likely N-dealkylation sites (N-methyl/N-ethyl adjacent to an activating group) is 1. The molecule has 1 N–H and O–H groups in total. The second-order valence-corrected chi connectivity index (χ2v) is 5.42. The van der Waals surface area contributed by atoms with Crippen LogP contribution in [-0.4, -0.2) is 43.8 Å². The zero-order valence-corrected chi connectivity index (χ0v) is 10.5. The van der Waals surface area contributed by atoms with Crippen LogP contribution in [-0.2, 0) is 0 Å². The number of benzene rings is 1. The van der Waals surface area contributed by atoms with E-state index in [0.29, 0.717) is 5.54 Å². The van der Waals surface area contributed by atoms with Gasteiger partial charge in [0, 0.05) is 18.8 Å². The standard InChI is InChI=1S/C14H21N3/c1-16-11-14(8-5-9-15-10-14)17(12-16)13-6-3-2-4-7-13/h2-4,6-7,15H,5,8-12H2,1H3. The van der Waals surface area contributed by atoms with E-state index in [-0.39, 0.29) is 0 Å². The molecule has 92 valence electrons. The summed E-state index contributed by atoms with van der Waals surface area (Å²) in [6.45, 7) is 4.51. The van der Waals surface area contributed by atoms with Crippen molar-refractivity contribution in [1.29, 1.82) is 0 Å². The highest BCUT2D eigenvalue weighted by molar-refractivity contribution is 5.50. The molecule has 1 aromatic rings. The summed E-state index contributed by atoms with van der Waals surface area (Å²) in [6.07, 6.45) is 2.59. The van der Waals surface area contributed by atoms with Gasteiger partial charge in [0.05, 0.1) is 12.2 Å². The summed E-state index contributed by atoms with van der Waals surface area (Å²) in [7, 11) is 2.22. The van der Waals surface area contributed by atoms with Crippen LogP contribution in [0, 0.1) is 0 Å². The molecule has 2 heterocycles. The van der Waals surface area contributed by atoms with Crippen LogP contribution in [0.25, 0.3) is 0 Å². The number of anilines is 1. The van der Waals surface area contributed by atoms with Gasteiger partial charge in [-0.15, -0.1) is 0 Å². The second kappa shape index (κ2) is 4.31. The highest BCUT2D eigenvalue weighted by Crippen LogP contribution is 2.34. The van der Waals surface area contributed by atoms with Crippen molar-refractivity contribution < 1.29 is 0 Å². The van der Waals surface area contributed by atoms with Gasteiger partial charge in [0.2, 0.25) is 0 Å². The molecule has 0 aromatic heterocycles. The molecule has 1 aromatic carbocycles.